The number of rotatable bonds is 1. The number of para-hydroxylation sites is 1. The summed E-state index contributed by atoms with van der Waals surface area (Å²) in [7, 11) is 2.00. The molecule has 0 bridgehead atoms. The SMILES string of the molecule is Cn1cncc1-c1ccnc2ccccc12. The van der Waals surface area contributed by atoms with Crippen LogP contribution in [0.3, 0.4) is 0 Å². The van der Waals surface area contributed by atoms with E-state index < -0.39 is 0 Å². The van der Waals surface area contributed by atoms with Gasteiger partial charge in [-0.1, -0.05) is 18.2 Å². The van der Waals surface area contributed by atoms with Gasteiger partial charge in [0.1, 0.15) is 0 Å². The van der Waals surface area contributed by atoms with E-state index in [4.69, 9.17) is 0 Å². The number of hydrogen-bond acceptors (Lipinski definition) is 2. The molecule has 0 atom stereocenters. The van der Waals surface area contributed by atoms with Crippen LogP contribution >= 0.6 is 0 Å². The highest BCUT2D eigenvalue weighted by atomic mass is 15.0. The highest BCUT2D eigenvalue weighted by molar-refractivity contribution is 5.93. The maximum Gasteiger partial charge on any atom is 0.0948 e. The van der Waals surface area contributed by atoms with E-state index in [0.717, 1.165) is 16.6 Å². The quantitative estimate of drug-likeness (QED) is 0.616. The standard InChI is InChI=1S/C13H11N3/c1-16-9-14-8-13(16)11-6-7-15-12-5-3-2-4-10(11)12/h2-9H,1H3. The zero-order chi connectivity index (χ0) is 11.0. The average Bonchev–Trinajstić information content (AvgIpc) is 2.75. The normalized spacial score (nSPS) is 10.8. The van der Waals surface area contributed by atoms with Crippen molar-refractivity contribution < 1.29 is 0 Å². The molecule has 0 radical (unpaired) electrons. The van der Waals surface area contributed by atoms with E-state index in [0.29, 0.717) is 0 Å². The van der Waals surface area contributed by atoms with Gasteiger partial charge in [0.25, 0.3) is 0 Å². The number of imidazole rings is 1. The average molecular weight is 209 g/mol. The maximum atomic E-state index is 4.35. The van der Waals surface area contributed by atoms with E-state index in [1.54, 1.807) is 0 Å². The molecule has 0 aliphatic rings. The molecule has 2 heterocycles. The molecule has 0 N–H and O–H groups in total. The Morgan fingerprint density at radius 3 is 2.81 bits per heavy atom. The van der Waals surface area contributed by atoms with Crippen molar-refractivity contribution in [3.8, 4) is 11.3 Å². The minimum absolute atomic E-state index is 1.02. The van der Waals surface area contributed by atoms with Crippen LogP contribution in [0, 0.1) is 0 Å². The summed E-state index contributed by atoms with van der Waals surface area (Å²) in [5.74, 6) is 0. The van der Waals surface area contributed by atoms with Crippen LogP contribution in [-0.4, -0.2) is 14.5 Å². The fourth-order valence-corrected chi connectivity index (χ4v) is 1.94. The van der Waals surface area contributed by atoms with Gasteiger partial charge in [0, 0.05) is 24.2 Å². The Balaban J connectivity index is 2.36. The first-order chi connectivity index (χ1) is 7.86. The summed E-state index contributed by atoms with van der Waals surface area (Å²) in [6.45, 7) is 0. The predicted octanol–water partition coefficient (Wildman–Crippen LogP) is 2.64. The Hall–Kier alpha value is -2.16. The summed E-state index contributed by atoms with van der Waals surface area (Å²) in [4.78, 5) is 8.50. The second kappa shape index (κ2) is 3.45. The molecular weight excluding hydrogens is 198 g/mol. The number of aromatic nitrogens is 3. The lowest BCUT2D eigenvalue weighted by atomic mass is 10.1. The summed E-state index contributed by atoms with van der Waals surface area (Å²) >= 11 is 0. The van der Waals surface area contributed by atoms with Gasteiger partial charge in [-0.2, -0.15) is 0 Å². The van der Waals surface area contributed by atoms with Crippen molar-refractivity contribution >= 4 is 10.9 Å². The van der Waals surface area contributed by atoms with Gasteiger partial charge in [-0.3, -0.25) is 4.98 Å². The van der Waals surface area contributed by atoms with Gasteiger partial charge in [0.2, 0.25) is 0 Å². The predicted molar refractivity (Wildman–Crippen MR) is 63.9 cm³/mol. The molecule has 3 nitrogen and oxygen atoms in total. The third kappa shape index (κ3) is 1.29. The second-order valence-electron chi connectivity index (χ2n) is 3.77. The minimum atomic E-state index is 1.02. The molecule has 0 spiro atoms. The molecule has 78 valence electrons. The molecule has 0 amide bonds. The topological polar surface area (TPSA) is 30.7 Å². The van der Waals surface area contributed by atoms with Crippen LogP contribution in [0.4, 0.5) is 0 Å². The summed E-state index contributed by atoms with van der Waals surface area (Å²) in [5.41, 5.74) is 3.30. The summed E-state index contributed by atoms with van der Waals surface area (Å²) in [6.07, 6.45) is 5.52. The zero-order valence-corrected chi connectivity index (χ0v) is 8.96. The van der Waals surface area contributed by atoms with Crippen molar-refractivity contribution in [1.29, 1.82) is 0 Å². The maximum absolute atomic E-state index is 4.35. The first-order valence-corrected chi connectivity index (χ1v) is 5.17. The fourth-order valence-electron chi connectivity index (χ4n) is 1.94. The van der Waals surface area contributed by atoms with Gasteiger partial charge in [0.15, 0.2) is 0 Å². The molecule has 16 heavy (non-hydrogen) atoms. The lowest BCUT2D eigenvalue weighted by Crippen LogP contribution is -1.91. The number of hydrogen-bond donors (Lipinski definition) is 0. The molecule has 1 aromatic carbocycles. The third-order valence-corrected chi connectivity index (χ3v) is 2.74. The fraction of sp³-hybridized carbons (Fsp3) is 0.0769. The van der Waals surface area contributed by atoms with Crippen molar-refractivity contribution in [2.45, 2.75) is 0 Å². The minimum Gasteiger partial charge on any atom is -0.334 e. The highest BCUT2D eigenvalue weighted by Crippen LogP contribution is 2.26. The molecule has 3 rings (SSSR count). The molecular formula is C13H11N3. The van der Waals surface area contributed by atoms with E-state index in [9.17, 15) is 0 Å². The number of aryl methyl sites for hydroxylation is 1. The molecule has 0 unspecified atom stereocenters. The largest absolute Gasteiger partial charge is 0.334 e. The van der Waals surface area contributed by atoms with Crippen LogP contribution in [0.15, 0.2) is 49.1 Å². The number of nitrogens with zero attached hydrogens (tertiary/aromatic N) is 3. The van der Waals surface area contributed by atoms with Crippen LogP contribution in [-0.2, 0) is 7.05 Å². The number of pyridine rings is 1. The summed E-state index contributed by atoms with van der Waals surface area (Å²) < 4.78 is 2.02. The Bertz CT molecular complexity index is 635. The van der Waals surface area contributed by atoms with Gasteiger partial charge in [-0.15, -0.1) is 0 Å². The second-order valence-corrected chi connectivity index (χ2v) is 3.77. The molecule has 0 fully saturated rings. The van der Waals surface area contributed by atoms with Crippen LogP contribution in [0.1, 0.15) is 0 Å². The summed E-state index contributed by atoms with van der Waals surface area (Å²) in [6, 6.07) is 10.2. The van der Waals surface area contributed by atoms with Crippen molar-refractivity contribution in [2.75, 3.05) is 0 Å². The van der Waals surface area contributed by atoms with Crippen molar-refractivity contribution in [3.63, 3.8) is 0 Å². The summed E-state index contributed by atoms with van der Waals surface area (Å²) in [5, 5.41) is 1.16. The molecule has 0 saturated carbocycles. The van der Waals surface area contributed by atoms with Crippen molar-refractivity contribution in [2.24, 2.45) is 7.05 Å². The Morgan fingerprint density at radius 1 is 1.12 bits per heavy atom. The molecule has 3 aromatic rings. The van der Waals surface area contributed by atoms with Crippen molar-refractivity contribution in [1.82, 2.24) is 14.5 Å². The lowest BCUT2D eigenvalue weighted by molar-refractivity contribution is 0.922. The van der Waals surface area contributed by atoms with Crippen LogP contribution in [0.5, 0.6) is 0 Å². The highest BCUT2D eigenvalue weighted by Gasteiger charge is 2.06. The monoisotopic (exact) mass is 209 g/mol. The van der Waals surface area contributed by atoms with Gasteiger partial charge >= 0.3 is 0 Å². The van der Waals surface area contributed by atoms with E-state index >= 15 is 0 Å². The van der Waals surface area contributed by atoms with Gasteiger partial charge in [-0.25, -0.2) is 4.98 Å². The van der Waals surface area contributed by atoms with Crippen LogP contribution in [0.2, 0.25) is 0 Å². The molecule has 0 aliphatic carbocycles. The zero-order valence-electron chi connectivity index (χ0n) is 8.96. The third-order valence-electron chi connectivity index (χ3n) is 2.74. The molecule has 0 aliphatic heterocycles. The van der Waals surface area contributed by atoms with Crippen LogP contribution in [0.25, 0.3) is 22.2 Å². The Morgan fingerprint density at radius 2 is 2.00 bits per heavy atom. The number of benzene rings is 1. The van der Waals surface area contributed by atoms with E-state index in [1.807, 2.05) is 54.6 Å². The van der Waals surface area contributed by atoms with Gasteiger partial charge in [-0.05, 0) is 12.1 Å². The molecule has 2 aromatic heterocycles. The first-order valence-electron chi connectivity index (χ1n) is 5.17. The van der Waals surface area contributed by atoms with E-state index in [2.05, 4.69) is 16.0 Å². The van der Waals surface area contributed by atoms with Gasteiger partial charge in [0.05, 0.1) is 23.7 Å². The van der Waals surface area contributed by atoms with Crippen molar-refractivity contribution in [3.05, 3.63) is 49.1 Å². The molecule has 0 saturated heterocycles. The van der Waals surface area contributed by atoms with E-state index in [-0.39, 0.29) is 0 Å². The number of fused-ring (bicyclic) bond motifs is 1. The molecule has 3 heteroatoms. The lowest BCUT2D eigenvalue weighted by Gasteiger charge is -2.05. The smallest absolute Gasteiger partial charge is 0.0948 e. The van der Waals surface area contributed by atoms with E-state index in [1.165, 1.54) is 5.56 Å². The Labute approximate surface area is 93.4 Å². The van der Waals surface area contributed by atoms with Crippen LogP contribution < -0.4 is 0 Å². The Kier molecular flexibility index (Phi) is 1.96. The first kappa shape index (κ1) is 9.09. The van der Waals surface area contributed by atoms with Gasteiger partial charge < -0.3 is 4.57 Å².